The van der Waals surface area contributed by atoms with Gasteiger partial charge in [-0.25, -0.2) is 0 Å². The number of amides is 1. The van der Waals surface area contributed by atoms with E-state index in [1.165, 1.54) is 5.56 Å². The van der Waals surface area contributed by atoms with Crippen molar-refractivity contribution in [1.29, 1.82) is 0 Å². The summed E-state index contributed by atoms with van der Waals surface area (Å²) in [6.07, 6.45) is 0.935. The van der Waals surface area contributed by atoms with Gasteiger partial charge in [-0.2, -0.15) is 0 Å². The molecule has 0 aliphatic heterocycles. The lowest BCUT2D eigenvalue weighted by molar-refractivity contribution is -0.134. The van der Waals surface area contributed by atoms with Gasteiger partial charge < -0.3 is 10.1 Å². The van der Waals surface area contributed by atoms with Gasteiger partial charge in [-0.3, -0.25) is 9.59 Å². The van der Waals surface area contributed by atoms with Crippen molar-refractivity contribution >= 4 is 17.6 Å². The quantitative estimate of drug-likeness (QED) is 0.396. The fraction of sp³-hybridized carbons (Fsp3) is 0.231. The Kier molecular flexibility index (Phi) is 7.02. The molecule has 4 nitrogen and oxygen atoms in total. The van der Waals surface area contributed by atoms with Crippen LogP contribution in [-0.2, 0) is 11.2 Å². The molecular weight excluding hydrogens is 374 g/mol. The van der Waals surface area contributed by atoms with Gasteiger partial charge in [-0.15, -0.1) is 0 Å². The third-order valence-corrected chi connectivity index (χ3v) is 4.92. The average Bonchev–Trinajstić information content (AvgIpc) is 2.74. The Hall–Kier alpha value is -3.40. The lowest BCUT2D eigenvalue weighted by Gasteiger charge is -2.08. The molecule has 3 aromatic rings. The SMILES string of the molecule is Cc1ccc(NC(=O)c2ccc(OC(=O)CCc3ccc(C(C)C)cc3)cc2)cc1. The number of hydrogen-bond acceptors (Lipinski definition) is 3. The second kappa shape index (κ2) is 9.88. The molecule has 0 radical (unpaired) electrons. The maximum absolute atomic E-state index is 12.3. The van der Waals surface area contributed by atoms with Crippen molar-refractivity contribution in [2.45, 2.75) is 39.5 Å². The number of carbonyl (C=O) groups is 2. The van der Waals surface area contributed by atoms with Gasteiger partial charge in [0.2, 0.25) is 0 Å². The predicted octanol–water partition coefficient (Wildman–Crippen LogP) is 5.91. The maximum atomic E-state index is 12.3. The van der Waals surface area contributed by atoms with Crippen LogP contribution in [0.5, 0.6) is 5.75 Å². The van der Waals surface area contributed by atoms with E-state index in [9.17, 15) is 9.59 Å². The van der Waals surface area contributed by atoms with Gasteiger partial charge in [-0.1, -0.05) is 55.8 Å². The van der Waals surface area contributed by atoms with Gasteiger partial charge in [0.1, 0.15) is 5.75 Å². The highest BCUT2D eigenvalue weighted by Crippen LogP contribution is 2.17. The highest BCUT2D eigenvalue weighted by atomic mass is 16.5. The molecule has 0 heterocycles. The lowest BCUT2D eigenvalue weighted by atomic mass is 10.0. The fourth-order valence-electron chi connectivity index (χ4n) is 3.01. The predicted molar refractivity (Wildman–Crippen MR) is 120 cm³/mol. The number of hydrogen-bond donors (Lipinski definition) is 1. The highest BCUT2D eigenvalue weighted by Gasteiger charge is 2.09. The van der Waals surface area contributed by atoms with Gasteiger partial charge >= 0.3 is 5.97 Å². The number of carbonyl (C=O) groups excluding carboxylic acids is 2. The molecular formula is C26H27NO3. The van der Waals surface area contributed by atoms with Crippen LogP contribution in [0.1, 0.15) is 53.2 Å². The van der Waals surface area contributed by atoms with E-state index in [1.807, 2.05) is 31.2 Å². The molecule has 30 heavy (non-hydrogen) atoms. The van der Waals surface area contributed by atoms with Crippen LogP contribution in [0, 0.1) is 6.92 Å². The molecule has 1 N–H and O–H groups in total. The Morgan fingerprint density at radius 1 is 0.867 bits per heavy atom. The zero-order chi connectivity index (χ0) is 21.5. The molecule has 0 aliphatic carbocycles. The van der Waals surface area contributed by atoms with Gasteiger partial charge in [0.15, 0.2) is 0 Å². The zero-order valence-corrected chi connectivity index (χ0v) is 17.6. The standard InChI is InChI=1S/C26H27NO3/c1-18(2)21-9-6-20(7-10-21)8-17-25(28)30-24-15-11-22(12-16-24)26(29)27-23-13-4-19(3)5-14-23/h4-7,9-16,18H,8,17H2,1-3H3,(H,27,29). The van der Waals surface area contributed by atoms with Crippen molar-refractivity contribution in [2.75, 3.05) is 5.32 Å². The fourth-order valence-corrected chi connectivity index (χ4v) is 3.01. The van der Waals surface area contributed by atoms with Crippen molar-refractivity contribution in [3.05, 3.63) is 95.1 Å². The summed E-state index contributed by atoms with van der Waals surface area (Å²) in [5.74, 6) is 0.425. The minimum Gasteiger partial charge on any atom is -0.427 e. The van der Waals surface area contributed by atoms with E-state index >= 15 is 0 Å². The second-order valence-corrected chi connectivity index (χ2v) is 7.71. The first-order valence-electron chi connectivity index (χ1n) is 10.2. The van der Waals surface area contributed by atoms with Crippen molar-refractivity contribution in [2.24, 2.45) is 0 Å². The molecule has 0 fully saturated rings. The summed E-state index contributed by atoms with van der Waals surface area (Å²) >= 11 is 0. The van der Waals surface area contributed by atoms with Gasteiger partial charge in [0.05, 0.1) is 0 Å². The Labute approximate surface area is 177 Å². The van der Waals surface area contributed by atoms with E-state index in [-0.39, 0.29) is 11.9 Å². The molecule has 0 aromatic heterocycles. The van der Waals surface area contributed by atoms with Crippen LogP contribution in [0.25, 0.3) is 0 Å². The molecule has 154 valence electrons. The Morgan fingerprint density at radius 2 is 1.50 bits per heavy atom. The van der Waals surface area contributed by atoms with E-state index in [2.05, 4.69) is 43.4 Å². The van der Waals surface area contributed by atoms with Gasteiger partial charge in [-0.05, 0) is 66.8 Å². The molecule has 3 aromatic carbocycles. The highest BCUT2D eigenvalue weighted by molar-refractivity contribution is 6.04. The third kappa shape index (κ3) is 6.05. The molecule has 4 heteroatoms. The van der Waals surface area contributed by atoms with Crippen LogP contribution in [0.2, 0.25) is 0 Å². The molecule has 0 saturated carbocycles. The molecule has 3 rings (SSSR count). The summed E-state index contributed by atoms with van der Waals surface area (Å²) in [6, 6.07) is 22.5. The Balaban J connectivity index is 1.50. The van der Waals surface area contributed by atoms with E-state index in [4.69, 9.17) is 4.74 Å². The molecule has 0 atom stereocenters. The second-order valence-electron chi connectivity index (χ2n) is 7.71. The first-order chi connectivity index (χ1) is 14.4. The van der Waals surface area contributed by atoms with Crippen LogP contribution >= 0.6 is 0 Å². The number of nitrogens with one attached hydrogen (secondary N) is 1. The molecule has 0 aliphatic rings. The average molecular weight is 402 g/mol. The van der Waals surface area contributed by atoms with Crippen LogP contribution in [0.3, 0.4) is 0 Å². The van der Waals surface area contributed by atoms with E-state index in [0.29, 0.717) is 30.1 Å². The summed E-state index contributed by atoms with van der Waals surface area (Å²) in [5, 5.41) is 2.85. The lowest BCUT2D eigenvalue weighted by Crippen LogP contribution is -2.12. The number of rotatable bonds is 7. The summed E-state index contributed by atoms with van der Waals surface area (Å²) in [6.45, 7) is 6.31. The van der Waals surface area contributed by atoms with Crippen LogP contribution in [0.15, 0.2) is 72.8 Å². The number of esters is 1. The number of anilines is 1. The maximum Gasteiger partial charge on any atom is 0.311 e. The minimum absolute atomic E-state index is 0.207. The van der Waals surface area contributed by atoms with Crippen molar-refractivity contribution in [3.63, 3.8) is 0 Å². The van der Waals surface area contributed by atoms with Crippen molar-refractivity contribution in [3.8, 4) is 5.75 Å². The van der Waals surface area contributed by atoms with E-state index in [1.54, 1.807) is 24.3 Å². The first-order valence-corrected chi connectivity index (χ1v) is 10.2. The number of aryl methyl sites for hydroxylation is 2. The Bertz CT molecular complexity index is 988. The molecule has 0 unspecified atom stereocenters. The van der Waals surface area contributed by atoms with Crippen molar-refractivity contribution in [1.82, 2.24) is 0 Å². The van der Waals surface area contributed by atoms with Gasteiger partial charge in [0, 0.05) is 17.7 Å². The minimum atomic E-state index is -0.292. The Morgan fingerprint density at radius 3 is 2.10 bits per heavy atom. The first kappa shape index (κ1) is 21.3. The topological polar surface area (TPSA) is 55.4 Å². The summed E-state index contributed by atoms with van der Waals surface area (Å²) in [7, 11) is 0. The molecule has 0 saturated heterocycles. The molecule has 0 spiro atoms. The number of benzene rings is 3. The number of ether oxygens (including phenoxy) is 1. The van der Waals surface area contributed by atoms with E-state index in [0.717, 1.165) is 16.8 Å². The largest absolute Gasteiger partial charge is 0.427 e. The summed E-state index contributed by atoms with van der Waals surface area (Å²) in [5.41, 5.74) is 4.77. The van der Waals surface area contributed by atoms with Crippen molar-refractivity contribution < 1.29 is 14.3 Å². The smallest absolute Gasteiger partial charge is 0.311 e. The van der Waals surface area contributed by atoms with E-state index < -0.39 is 0 Å². The van der Waals surface area contributed by atoms with Crippen LogP contribution < -0.4 is 10.1 Å². The van der Waals surface area contributed by atoms with Crippen LogP contribution in [-0.4, -0.2) is 11.9 Å². The van der Waals surface area contributed by atoms with Crippen LogP contribution in [0.4, 0.5) is 5.69 Å². The summed E-state index contributed by atoms with van der Waals surface area (Å²) in [4.78, 5) is 24.5. The molecule has 0 bridgehead atoms. The molecule has 1 amide bonds. The zero-order valence-electron chi connectivity index (χ0n) is 17.6. The monoisotopic (exact) mass is 401 g/mol. The van der Waals surface area contributed by atoms with Gasteiger partial charge in [0.25, 0.3) is 5.91 Å². The normalized spacial score (nSPS) is 10.7. The third-order valence-electron chi connectivity index (χ3n) is 4.92. The summed E-state index contributed by atoms with van der Waals surface area (Å²) < 4.78 is 5.39.